The van der Waals surface area contributed by atoms with Gasteiger partial charge < -0.3 is 4.42 Å². The summed E-state index contributed by atoms with van der Waals surface area (Å²) in [6, 6.07) is 1.62. The molecule has 0 saturated carbocycles. The van der Waals surface area contributed by atoms with E-state index in [1.165, 1.54) is 6.26 Å². The van der Waals surface area contributed by atoms with Gasteiger partial charge in [0.25, 0.3) is 5.91 Å². The standard InChI is InChI=1S/C10H14N2O2/c1-7(2)6-11-12-10(13)9-4-5-14-8(9)3/h4-7H,1-3H3,(H,12,13)/b11-6+. The summed E-state index contributed by atoms with van der Waals surface area (Å²) in [6.45, 7) is 5.71. The second-order valence-corrected chi connectivity index (χ2v) is 3.35. The average Bonchev–Trinajstić information content (AvgIpc) is 2.50. The predicted molar refractivity (Wildman–Crippen MR) is 54.2 cm³/mol. The van der Waals surface area contributed by atoms with Crippen molar-refractivity contribution in [1.29, 1.82) is 0 Å². The maximum absolute atomic E-state index is 11.4. The number of aryl methyl sites for hydroxylation is 1. The van der Waals surface area contributed by atoms with E-state index in [1.807, 2.05) is 13.8 Å². The first kappa shape index (κ1) is 10.5. The fourth-order valence-electron chi connectivity index (χ4n) is 0.926. The summed E-state index contributed by atoms with van der Waals surface area (Å²) in [5.41, 5.74) is 2.95. The summed E-state index contributed by atoms with van der Waals surface area (Å²) in [7, 11) is 0. The smallest absolute Gasteiger partial charge is 0.274 e. The van der Waals surface area contributed by atoms with Crippen LogP contribution in [0.5, 0.6) is 0 Å². The van der Waals surface area contributed by atoms with Gasteiger partial charge >= 0.3 is 0 Å². The van der Waals surface area contributed by atoms with Gasteiger partial charge in [0.2, 0.25) is 0 Å². The molecule has 0 bridgehead atoms. The lowest BCUT2D eigenvalue weighted by Crippen LogP contribution is -2.18. The number of nitrogens with zero attached hydrogens (tertiary/aromatic N) is 1. The highest BCUT2D eigenvalue weighted by molar-refractivity contribution is 5.95. The van der Waals surface area contributed by atoms with E-state index < -0.39 is 0 Å². The van der Waals surface area contributed by atoms with Crippen LogP contribution in [0.2, 0.25) is 0 Å². The molecular formula is C10H14N2O2. The van der Waals surface area contributed by atoms with Crippen molar-refractivity contribution in [3.63, 3.8) is 0 Å². The van der Waals surface area contributed by atoms with Gasteiger partial charge in [-0.25, -0.2) is 5.43 Å². The van der Waals surface area contributed by atoms with E-state index in [0.717, 1.165) is 0 Å². The van der Waals surface area contributed by atoms with Gasteiger partial charge in [-0.15, -0.1) is 0 Å². The van der Waals surface area contributed by atoms with Crippen molar-refractivity contribution in [3.8, 4) is 0 Å². The number of rotatable bonds is 3. The first-order chi connectivity index (χ1) is 6.61. The summed E-state index contributed by atoms with van der Waals surface area (Å²) in [6.07, 6.45) is 3.16. The van der Waals surface area contributed by atoms with Crippen molar-refractivity contribution in [2.24, 2.45) is 11.0 Å². The van der Waals surface area contributed by atoms with E-state index in [4.69, 9.17) is 4.42 Å². The molecule has 4 heteroatoms. The van der Waals surface area contributed by atoms with E-state index >= 15 is 0 Å². The number of hydrazone groups is 1. The zero-order chi connectivity index (χ0) is 10.6. The maximum Gasteiger partial charge on any atom is 0.274 e. The summed E-state index contributed by atoms with van der Waals surface area (Å²) in [5, 5.41) is 3.80. The van der Waals surface area contributed by atoms with Crippen molar-refractivity contribution < 1.29 is 9.21 Å². The van der Waals surface area contributed by atoms with Crippen LogP contribution in [0.4, 0.5) is 0 Å². The molecule has 1 amide bonds. The highest BCUT2D eigenvalue weighted by atomic mass is 16.3. The molecule has 14 heavy (non-hydrogen) atoms. The minimum atomic E-state index is -0.242. The largest absolute Gasteiger partial charge is 0.469 e. The Kier molecular flexibility index (Phi) is 3.45. The molecule has 1 N–H and O–H groups in total. The Hall–Kier alpha value is -1.58. The van der Waals surface area contributed by atoms with Gasteiger partial charge in [0, 0.05) is 6.21 Å². The minimum Gasteiger partial charge on any atom is -0.469 e. The lowest BCUT2D eigenvalue weighted by Gasteiger charge is -1.97. The predicted octanol–water partition coefficient (Wildman–Crippen LogP) is 1.96. The first-order valence-corrected chi connectivity index (χ1v) is 4.49. The van der Waals surface area contributed by atoms with Crippen molar-refractivity contribution in [2.45, 2.75) is 20.8 Å². The number of carbonyl (C=O) groups is 1. The summed E-state index contributed by atoms with van der Waals surface area (Å²) < 4.78 is 5.00. The van der Waals surface area contributed by atoms with E-state index in [0.29, 0.717) is 17.2 Å². The Morgan fingerprint density at radius 2 is 2.36 bits per heavy atom. The van der Waals surface area contributed by atoms with Gasteiger partial charge in [-0.3, -0.25) is 4.79 Å². The van der Waals surface area contributed by atoms with Crippen LogP contribution >= 0.6 is 0 Å². The SMILES string of the molecule is Cc1occc1C(=O)N/N=C/C(C)C. The Labute approximate surface area is 83.0 Å². The van der Waals surface area contributed by atoms with Crippen molar-refractivity contribution in [1.82, 2.24) is 5.43 Å². The van der Waals surface area contributed by atoms with Gasteiger partial charge in [-0.2, -0.15) is 5.10 Å². The lowest BCUT2D eigenvalue weighted by molar-refractivity contribution is 0.0953. The van der Waals surface area contributed by atoms with Crippen LogP contribution in [-0.2, 0) is 0 Å². The molecule has 0 aromatic carbocycles. The molecule has 1 rings (SSSR count). The second kappa shape index (κ2) is 4.60. The third-order valence-corrected chi connectivity index (χ3v) is 1.64. The molecule has 0 aliphatic heterocycles. The molecule has 0 atom stereocenters. The fourth-order valence-corrected chi connectivity index (χ4v) is 0.926. The highest BCUT2D eigenvalue weighted by Crippen LogP contribution is 2.07. The van der Waals surface area contributed by atoms with Crippen molar-refractivity contribution in [2.75, 3.05) is 0 Å². The number of nitrogens with one attached hydrogen (secondary N) is 1. The number of carbonyl (C=O) groups excluding carboxylic acids is 1. The van der Waals surface area contributed by atoms with E-state index in [9.17, 15) is 4.79 Å². The van der Waals surface area contributed by atoms with Crippen LogP contribution in [0.25, 0.3) is 0 Å². The molecule has 0 unspecified atom stereocenters. The van der Waals surface area contributed by atoms with E-state index in [-0.39, 0.29) is 5.91 Å². The van der Waals surface area contributed by atoms with Gasteiger partial charge in [-0.1, -0.05) is 13.8 Å². The molecule has 76 valence electrons. The van der Waals surface area contributed by atoms with Crippen molar-refractivity contribution in [3.05, 3.63) is 23.7 Å². The molecule has 0 spiro atoms. The van der Waals surface area contributed by atoms with Crippen LogP contribution in [0.1, 0.15) is 30.0 Å². The monoisotopic (exact) mass is 194 g/mol. The van der Waals surface area contributed by atoms with Gasteiger partial charge in [0.1, 0.15) is 5.76 Å². The molecule has 1 aromatic rings. The summed E-state index contributed by atoms with van der Waals surface area (Å²) in [4.78, 5) is 11.4. The number of amides is 1. The minimum absolute atomic E-state index is 0.242. The Morgan fingerprint density at radius 3 is 2.86 bits per heavy atom. The Balaban J connectivity index is 2.56. The van der Waals surface area contributed by atoms with E-state index in [1.54, 1.807) is 19.2 Å². The summed E-state index contributed by atoms with van der Waals surface area (Å²) >= 11 is 0. The number of hydrogen-bond acceptors (Lipinski definition) is 3. The number of furan rings is 1. The number of hydrogen-bond donors (Lipinski definition) is 1. The molecule has 4 nitrogen and oxygen atoms in total. The van der Waals surface area contributed by atoms with Crippen molar-refractivity contribution >= 4 is 12.1 Å². The highest BCUT2D eigenvalue weighted by Gasteiger charge is 2.09. The van der Waals surface area contributed by atoms with Crippen LogP contribution in [0.15, 0.2) is 21.8 Å². The Bertz CT molecular complexity index is 340. The van der Waals surface area contributed by atoms with Crippen LogP contribution in [0, 0.1) is 12.8 Å². The fraction of sp³-hybridized carbons (Fsp3) is 0.400. The lowest BCUT2D eigenvalue weighted by atomic mass is 10.2. The maximum atomic E-state index is 11.4. The van der Waals surface area contributed by atoms with Crippen LogP contribution in [-0.4, -0.2) is 12.1 Å². The average molecular weight is 194 g/mol. The van der Waals surface area contributed by atoms with E-state index in [2.05, 4.69) is 10.5 Å². The van der Waals surface area contributed by atoms with Gasteiger partial charge in [0.05, 0.1) is 11.8 Å². The zero-order valence-corrected chi connectivity index (χ0v) is 8.57. The van der Waals surface area contributed by atoms with Gasteiger partial charge in [0.15, 0.2) is 0 Å². The van der Waals surface area contributed by atoms with Crippen LogP contribution < -0.4 is 5.43 Å². The molecule has 0 aliphatic carbocycles. The molecule has 0 fully saturated rings. The van der Waals surface area contributed by atoms with Crippen LogP contribution in [0.3, 0.4) is 0 Å². The molecule has 1 aromatic heterocycles. The quantitative estimate of drug-likeness (QED) is 0.590. The molecular weight excluding hydrogens is 180 g/mol. The third kappa shape index (κ3) is 2.73. The topological polar surface area (TPSA) is 54.6 Å². The second-order valence-electron chi connectivity index (χ2n) is 3.35. The van der Waals surface area contributed by atoms with Gasteiger partial charge in [-0.05, 0) is 18.9 Å². The molecule has 0 aliphatic rings. The third-order valence-electron chi connectivity index (χ3n) is 1.64. The molecule has 0 saturated heterocycles. The molecule has 1 heterocycles. The zero-order valence-electron chi connectivity index (χ0n) is 8.57. The normalized spacial score (nSPS) is 11.1. The summed E-state index contributed by atoms with van der Waals surface area (Å²) in [5.74, 6) is 0.677. The Morgan fingerprint density at radius 1 is 1.64 bits per heavy atom. The molecule has 0 radical (unpaired) electrons. The first-order valence-electron chi connectivity index (χ1n) is 4.49.